The summed E-state index contributed by atoms with van der Waals surface area (Å²) in [5.74, 6) is 0.672. The molecule has 2 nitrogen and oxygen atoms in total. The third-order valence-corrected chi connectivity index (χ3v) is 4.83. The van der Waals surface area contributed by atoms with Crippen molar-refractivity contribution < 1.29 is 0 Å². The fraction of sp³-hybridized carbons (Fsp3) is 0.538. The summed E-state index contributed by atoms with van der Waals surface area (Å²) in [6.07, 6.45) is 7.45. The summed E-state index contributed by atoms with van der Waals surface area (Å²) in [6, 6.07) is 9.07. The number of rotatable bonds is 8. The van der Waals surface area contributed by atoms with Gasteiger partial charge in [-0.2, -0.15) is 0 Å². The van der Waals surface area contributed by atoms with E-state index >= 15 is 0 Å². The summed E-state index contributed by atoms with van der Waals surface area (Å²) in [6.45, 7) is 24.0. The highest BCUT2D eigenvalue weighted by Gasteiger charge is 2.04. The van der Waals surface area contributed by atoms with Gasteiger partial charge in [0.25, 0.3) is 0 Å². The molecule has 28 heavy (non-hydrogen) atoms. The number of nitrogens with one attached hydrogen (secondary N) is 1. The molecule has 1 rings (SSSR count). The first-order chi connectivity index (χ1) is 12.9. The van der Waals surface area contributed by atoms with Gasteiger partial charge in [0.1, 0.15) is 0 Å². The summed E-state index contributed by atoms with van der Waals surface area (Å²) in [7, 11) is 0. The first-order valence-electron chi connectivity index (χ1n) is 10.7. The smallest absolute Gasteiger partial charge is 0.0327 e. The Morgan fingerprint density at radius 3 is 1.96 bits per heavy atom. The van der Waals surface area contributed by atoms with Gasteiger partial charge in [-0.1, -0.05) is 90.1 Å². The molecule has 4 N–H and O–H groups in total. The highest BCUT2D eigenvalue weighted by atomic mass is 14.9. The Kier molecular flexibility index (Phi) is 22.0. The Bertz CT molecular complexity index is 550. The minimum absolute atomic E-state index is 0. The van der Waals surface area contributed by atoms with Crippen LogP contribution in [-0.4, -0.2) is 6.54 Å². The first-order valence-corrected chi connectivity index (χ1v) is 10.7. The molecule has 0 bridgehead atoms. The van der Waals surface area contributed by atoms with Crippen molar-refractivity contribution in [1.29, 1.82) is 0 Å². The van der Waals surface area contributed by atoms with E-state index in [1.165, 1.54) is 28.7 Å². The minimum atomic E-state index is 0. The third-order valence-electron chi connectivity index (χ3n) is 4.83. The van der Waals surface area contributed by atoms with Crippen molar-refractivity contribution in [2.45, 2.75) is 87.5 Å². The molecule has 0 aliphatic heterocycles. The number of hydrogen-bond acceptors (Lipinski definition) is 2. The third kappa shape index (κ3) is 13.4. The summed E-state index contributed by atoms with van der Waals surface area (Å²) in [4.78, 5) is 0. The molecule has 0 aliphatic rings. The molecular weight excluding hydrogens is 340 g/mol. The van der Waals surface area contributed by atoms with E-state index in [1.54, 1.807) is 0 Å². The zero-order valence-corrected chi connectivity index (χ0v) is 20.3. The SMILES string of the molecule is C=C(CC)NC/C=C\C.CC.CC/C(C)=C(/C)c1ccc(C(C)CC)cc1.N. The lowest BCUT2D eigenvalue weighted by Crippen LogP contribution is -2.10. The molecule has 0 radical (unpaired) electrons. The molecule has 0 spiro atoms. The van der Waals surface area contributed by atoms with E-state index in [9.17, 15) is 0 Å². The van der Waals surface area contributed by atoms with Crippen molar-refractivity contribution in [1.82, 2.24) is 11.5 Å². The van der Waals surface area contributed by atoms with Crippen LogP contribution in [0.3, 0.4) is 0 Å². The van der Waals surface area contributed by atoms with Gasteiger partial charge in [0.05, 0.1) is 0 Å². The lowest BCUT2D eigenvalue weighted by Gasteiger charge is -2.11. The van der Waals surface area contributed by atoms with Crippen LogP contribution in [0.1, 0.15) is 98.6 Å². The summed E-state index contributed by atoms with van der Waals surface area (Å²) in [5.41, 5.74) is 6.84. The van der Waals surface area contributed by atoms with Crippen LogP contribution < -0.4 is 11.5 Å². The van der Waals surface area contributed by atoms with Gasteiger partial charge in [-0.25, -0.2) is 0 Å². The van der Waals surface area contributed by atoms with Gasteiger partial charge in [0.2, 0.25) is 0 Å². The zero-order valence-electron chi connectivity index (χ0n) is 20.3. The van der Waals surface area contributed by atoms with E-state index in [-0.39, 0.29) is 6.15 Å². The van der Waals surface area contributed by atoms with E-state index < -0.39 is 0 Å². The number of benzene rings is 1. The summed E-state index contributed by atoms with van der Waals surface area (Å²) < 4.78 is 0. The average molecular weight is 389 g/mol. The Hall–Kier alpha value is -1.80. The van der Waals surface area contributed by atoms with Crippen molar-refractivity contribution in [3.8, 4) is 0 Å². The summed E-state index contributed by atoms with van der Waals surface area (Å²) in [5, 5.41) is 3.15. The normalized spacial score (nSPS) is 11.8. The van der Waals surface area contributed by atoms with Crippen LogP contribution in [0.4, 0.5) is 0 Å². The minimum Gasteiger partial charge on any atom is -0.385 e. The molecule has 162 valence electrons. The van der Waals surface area contributed by atoms with Crippen LogP contribution >= 0.6 is 0 Å². The topological polar surface area (TPSA) is 47.0 Å². The van der Waals surface area contributed by atoms with Crippen molar-refractivity contribution in [3.05, 3.63) is 65.4 Å². The first kappa shape index (κ1) is 30.9. The Morgan fingerprint density at radius 2 is 1.57 bits per heavy atom. The highest BCUT2D eigenvalue weighted by Crippen LogP contribution is 2.24. The Morgan fingerprint density at radius 1 is 1.04 bits per heavy atom. The molecule has 0 heterocycles. The monoisotopic (exact) mass is 388 g/mol. The second-order valence-electron chi connectivity index (χ2n) is 6.60. The van der Waals surface area contributed by atoms with Crippen molar-refractivity contribution in [3.63, 3.8) is 0 Å². The van der Waals surface area contributed by atoms with Gasteiger partial charge in [-0.3, -0.25) is 0 Å². The van der Waals surface area contributed by atoms with E-state index in [2.05, 4.69) is 83.8 Å². The van der Waals surface area contributed by atoms with E-state index in [4.69, 9.17) is 0 Å². The Labute approximate surface area is 176 Å². The number of hydrogen-bond donors (Lipinski definition) is 2. The lowest BCUT2D eigenvalue weighted by molar-refractivity contribution is 0.733. The molecule has 1 aromatic rings. The highest BCUT2D eigenvalue weighted by molar-refractivity contribution is 5.66. The van der Waals surface area contributed by atoms with Crippen molar-refractivity contribution in [2.75, 3.05) is 6.54 Å². The molecule has 0 amide bonds. The van der Waals surface area contributed by atoms with Crippen molar-refractivity contribution in [2.24, 2.45) is 0 Å². The lowest BCUT2D eigenvalue weighted by atomic mass is 9.94. The molecular formula is C26H48N2. The van der Waals surface area contributed by atoms with Gasteiger partial charge < -0.3 is 11.5 Å². The summed E-state index contributed by atoms with van der Waals surface area (Å²) >= 11 is 0. The average Bonchev–Trinajstić information content (AvgIpc) is 2.74. The molecule has 0 aliphatic carbocycles. The van der Waals surface area contributed by atoms with Crippen molar-refractivity contribution >= 4 is 5.57 Å². The van der Waals surface area contributed by atoms with Gasteiger partial charge in [0.15, 0.2) is 0 Å². The molecule has 0 aromatic heterocycles. The number of allylic oxidation sites excluding steroid dienone is 4. The molecule has 0 fully saturated rings. The predicted octanol–water partition coefficient (Wildman–Crippen LogP) is 8.67. The molecule has 0 saturated carbocycles. The van der Waals surface area contributed by atoms with Gasteiger partial charge >= 0.3 is 0 Å². The molecule has 1 unspecified atom stereocenters. The second kappa shape index (κ2) is 19.9. The van der Waals surface area contributed by atoms with Crippen LogP contribution in [0.5, 0.6) is 0 Å². The maximum Gasteiger partial charge on any atom is 0.0327 e. The van der Waals surface area contributed by atoms with Crippen LogP contribution in [0.2, 0.25) is 0 Å². The molecule has 1 atom stereocenters. The quantitative estimate of drug-likeness (QED) is 0.437. The fourth-order valence-electron chi connectivity index (χ4n) is 2.26. The van der Waals surface area contributed by atoms with Crippen LogP contribution in [0.25, 0.3) is 5.57 Å². The Balaban J connectivity index is -0.000000448. The maximum absolute atomic E-state index is 3.80. The maximum atomic E-state index is 3.80. The van der Waals surface area contributed by atoms with E-state index in [0.717, 1.165) is 25.1 Å². The van der Waals surface area contributed by atoms with Crippen LogP contribution in [0, 0.1) is 0 Å². The van der Waals surface area contributed by atoms with Gasteiger partial charge in [-0.15, -0.1) is 0 Å². The largest absolute Gasteiger partial charge is 0.385 e. The molecule has 1 aromatic carbocycles. The van der Waals surface area contributed by atoms with Gasteiger partial charge in [0, 0.05) is 12.2 Å². The molecule has 0 saturated heterocycles. The standard InChI is InChI=1S/C16H24.C8H15N.C2H6.H3N/c1-6-12(3)14(5)16-10-8-15(9-11-16)13(4)7-2;1-4-6-7-9-8(3)5-2;1-2;/h8-11,13H,6-7H2,1-5H3;4,6,9H,3,5,7H2,1-2H3;1-2H3;1H3/b14-12-;6-4-;;. The predicted molar refractivity (Wildman–Crippen MR) is 132 cm³/mol. The van der Waals surface area contributed by atoms with Gasteiger partial charge in [-0.05, 0) is 62.7 Å². The van der Waals surface area contributed by atoms with E-state index in [1.807, 2.05) is 26.8 Å². The zero-order chi connectivity index (χ0) is 21.2. The fourth-order valence-corrected chi connectivity index (χ4v) is 2.26. The second-order valence-corrected chi connectivity index (χ2v) is 6.60. The van der Waals surface area contributed by atoms with Crippen LogP contribution in [0.15, 0.2) is 54.3 Å². The van der Waals surface area contributed by atoms with E-state index in [0.29, 0.717) is 5.92 Å². The van der Waals surface area contributed by atoms with Crippen LogP contribution in [-0.2, 0) is 0 Å². The molecule has 2 heteroatoms.